The number of esters is 1. The normalized spacial score (nSPS) is 10.3. The van der Waals surface area contributed by atoms with Crippen molar-refractivity contribution in [2.45, 2.75) is 10.6 Å². The van der Waals surface area contributed by atoms with Gasteiger partial charge in [-0.25, -0.2) is 9.18 Å². The highest BCUT2D eigenvalue weighted by atomic mass is 32.2. The van der Waals surface area contributed by atoms with E-state index in [4.69, 9.17) is 10.5 Å². The highest BCUT2D eigenvalue weighted by Gasteiger charge is 2.11. The number of anilines is 1. The number of methoxy groups -OCH3 is 1. The zero-order valence-electron chi connectivity index (χ0n) is 10.9. The van der Waals surface area contributed by atoms with Crippen molar-refractivity contribution < 1.29 is 13.9 Å². The molecule has 104 valence electrons. The number of ether oxygens (including phenoxy) is 1. The number of rotatable bonds is 4. The third-order valence-electron chi connectivity index (χ3n) is 2.78. The Labute approximate surface area is 120 Å². The lowest BCUT2D eigenvalue weighted by Gasteiger charge is -2.09. The molecule has 0 spiro atoms. The highest BCUT2D eigenvalue weighted by Crippen LogP contribution is 2.29. The largest absolute Gasteiger partial charge is 0.465 e. The van der Waals surface area contributed by atoms with Gasteiger partial charge < -0.3 is 10.5 Å². The van der Waals surface area contributed by atoms with Gasteiger partial charge in [-0.2, -0.15) is 0 Å². The fourth-order valence-electron chi connectivity index (χ4n) is 1.76. The maximum atomic E-state index is 13.0. The van der Waals surface area contributed by atoms with Crippen LogP contribution in [0.2, 0.25) is 0 Å². The van der Waals surface area contributed by atoms with Gasteiger partial charge in [0.2, 0.25) is 0 Å². The van der Waals surface area contributed by atoms with Crippen LogP contribution in [0.15, 0.2) is 47.4 Å². The first-order chi connectivity index (χ1) is 9.61. The summed E-state index contributed by atoms with van der Waals surface area (Å²) in [6.07, 6.45) is 0. The molecule has 2 aromatic carbocycles. The Bertz CT molecular complexity index is 631. The lowest BCUT2D eigenvalue weighted by Crippen LogP contribution is -2.04. The second-order valence-corrected chi connectivity index (χ2v) is 5.14. The molecule has 0 unspecified atom stereocenters. The van der Waals surface area contributed by atoms with Gasteiger partial charge >= 0.3 is 5.97 Å². The topological polar surface area (TPSA) is 52.3 Å². The van der Waals surface area contributed by atoms with Crippen LogP contribution in [0.3, 0.4) is 0 Å². The lowest BCUT2D eigenvalue weighted by atomic mass is 10.1. The summed E-state index contributed by atoms with van der Waals surface area (Å²) in [7, 11) is 1.35. The average Bonchev–Trinajstić information content (AvgIpc) is 2.46. The molecule has 0 radical (unpaired) electrons. The number of thioether (sulfide) groups is 1. The van der Waals surface area contributed by atoms with E-state index in [9.17, 15) is 9.18 Å². The maximum absolute atomic E-state index is 13.0. The van der Waals surface area contributed by atoms with Crippen LogP contribution in [0.1, 0.15) is 15.9 Å². The van der Waals surface area contributed by atoms with Gasteiger partial charge in [0.05, 0.1) is 12.7 Å². The van der Waals surface area contributed by atoms with Gasteiger partial charge in [-0.05, 0) is 29.8 Å². The third-order valence-corrected chi connectivity index (χ3v) is 3.92. The van der Waals surface area contributed by atoms with Crippen molar-refractivity contribution in [2.75, 3.05) is 12.8 Å². The average molecular weight is 291 g/mol. The summed E-state index contributed by atoms with van der Waals surface area (Å²) < 4.78 is 17.7. The SMILES string of the molecule is COC(=O)c1ccccc1CSc1ccc(F)cc1N. The number of benzene rings is 2. The smallest absolute Gasteiger partial charge is 0.338 e. The molecule has 0 aliphatic carbocycles. The van der Waals surface area contributed by atoms with Crippen LogP contribution in [-0.2, 0) is 10.5 Å². The van der Waals surface area contributed by atoms with Crippen LogP contribution in [0, 0.1) is 5.82 Å². The van der Waals surface area contributed by atoms with Crippen molar-refractivity contribution in [1.82, 2.24) is 0 Å². The monoisotopic (exact) mass is 291 g/mol. The summed E-state index contributed by atoms with van der Waals surface area (Å²) in [5.74, 6) is -0.170. The molecule has 0 amide bonds. The quantitative estimate of drug-likeness (QED) is 0.532. The number of nitrogen functional groups attached to an aromatic ring is 1. The van der Waals surface area contributed by atoms with Crippen molar-refractivity contribution in [3.05, 3.63) is 59.4 Å². The Morgan fingerprint density at radius 1 is 1.30 bits per heavy atom. The Morgan fingerprint density at radius 3 is 2.75 bits per heavy atom. The molecule has 2 rings (SSSR count). The van der Waals surface area contributed by atoms with E-state index in [0.29, 0.717) is 17.0 Å². The van der Waals surface area contributed by atoms with Crippen molar-refractivity contribution in [1.29, 1.82) is 0 Å². The summed E-state index contributed by atoms with van der Waals surface area (Å²) >= 11 is 1.45. The van der Waals surface area contributed by atoms with Gasteiger partial charge in [-0.3, -0.25) is 0 Å². The fraction of sp³-hybridized carbons (Fsp3) is 0.133. The van der Waals surface area contributed by atoms with E-state index in [1.165, 1.54) is 31.0 Å². The standard InChI is InChI=1S/C15H14FNO2S/c1-19-15(18)12-5-3-2-4-10(12)9-20-14-7-6-11(16)8-13(14)17/h2-8H,9,17H2,1H3. The van der Waals surface area contributed by atoms with Crippen LogP contribution in [0.5, 0.6) is 0 Å². The fourth-order valence-corrected chi connectivity index (χ4v) is 2.71. The third kappa shape index (κ3) is 3.30. The molecule has 0 fully saturated rings. The van der Waals surface area contributed by atoms with Crippen LogP contribution < -0.4 is 5.73 Å². The van der Waals surface area contributed by atoms with E-state index >= 15 is 0 Å². The minimum absolute atomic E-state index is 0.359. The minimum atomic E-state index is -0.367. The molecular formula is C15H14FNO2S. The summed E-state index contributed by atoms with van der Waals surface area (Å²) in [6.45, 7) is 0. The molecule has 0 aliphatic rings. The summed E-state index contributed by atoms with van der Waals surface area (Å²) in [6, 6.07) is 11.5. The Morgan fingerprint density at radius 2 is 2.05 bits per heavy atom. The van der Waals surface area contributed by atoms with Gasteiger partial charge in [0.1, 0.15) is 5.82 Å². The summed E-state index contributed by atoms with van der Waals surface area (Å²) in [4.78, 5) is 12.4. The molecule has 20 heavy (non-hydrogen) atoms. The highest BCUT2D eigenvalue weighted by molar-refractivity contribution is 7.98. The van der Waals surface area contributed by atoms with Crippen molar-refractivity contribution in [3.63, 3.8) is 0 Å². The van der Waals surface area contributed by atoms with Gasteiger partial charge in [-0.15, -0.1) is 11.8 Å². The first-order valence-corrected chi connectivity index (χ1v) is 6.94. The zero-order valence-corrected chi connectivity index (χ0v) is 11.7. The molecule has 0 saturated heterocycles. The van der Waals surface area contributed by atoms with E-state index in [1.54, 1.807) is 18.2 Å². The first-order valence-electron chi connectivity index (χ1n) is 5.96. The second-order valence-electron chi connectivity index (χ2n) is 4.12. The van der Waals surface area contributed by atoms with Crippen molar-refractivity contribution in [2.24, 2.45) is 0 Å². The van der Waals surface area contributed by atoms with Gasteiger partial charge in [0.15, 0.2) is 0 Å². The number of carbonyl (C=O) groups is 1. The molecule has 0 aliphatic heterocycles. The molecule has 0 saturated carbocycles. The predicted molar refractivity (Wildman–Crippen MR) is 78.2 cm³/mol. The van der Waals surface area contributed by atoms with Crippen LogP contribution >= 0.6 is 11.8 Å². The van der Waals surface area contributed by atoms with E-state index in [1.807, 2.05) is 12.1 Å². The molecule has 2 aromatic rings. The van der Waals surface area contributed by atoms with Gasteiger partial charge in [-0.1, -0.05) is 18.2 Å². The minimum Gasteiger partial charge on any atom is -0.465 e. The van der Waals surface area contributed by atoms with E-state index in [-0.39, 0.29) is 11.8 Å². The summed E-state index contributed by atoms with van der Waals surface area (Å²) in [5, 5.41) is 0. The predicted octanol–water partition coefficient (Wildman–Crippen LogP) is 3.49. The Balaban J connectivity index is 2.17. The molecular weight excluding hydrogens is 277 g/mol. The van der Waals surface area contributed by atoms with Gasteiger partial charge in [0.25, 0.3) is 0 Å². The van der Waals surface area contributed by atoms with Crippen molar-refractivity contribution >= 4 is 23.4 Å². The van der Waals surface area contributed by atoms with Crippen molar-refractivity contribution in [3.8, 4) is 0 Å². The number of carbonyl (C=O) groups excluding carboxylic acids is 1. The van der Waals surface area contributed by atoms with Crippen LogP contribution in [0.4, 0.5) is 10.1 Å². The molecule has 3 nitrogen and oxygen atoms in total. The number of hydrogen-bond donors (Lipinski definition) is 1. The molecule has 0 bridgehead atoms. The molecule has 0 aromatic heterocycles. The van der Waals surface area contributed by atoms with E-state index in [0.717, 1.165) is 10.5 Å². The number of hydrogen-bond acceptors (Lipinski definition) is 4. The Kier molecular flexibility index (Phi) is 4.63. The maximum Gasteiger partial charge on any atom is 0.338 e. The van der Waals surface area contributed by atoms with Crippen LogP contribution in [-0.4, -0.2) is 13.1 Å². The number of halogens is 1. The summed E-state index contributed by atoms with van der Waals surface area (Å²) in [5.41, 5.74) is 7.54. The van der Waals surface area contributed by atoms with Crippen LogP contribution in [0.25, 0.3) is 0 Å². The molecule has 0 heterocycles. The first kappa shape index (κ1) is 14.4. The molecule has 5 heteroatoms. The molecule has 0 atom stereocenters. The Hall–Kier alpha value is -2.01. The number of nitrogens with two attached hydrogens (primary N) is 1. The second kappa shape index (κ2) is 6.43. The molecule has 2 N–H and O–H groups in total. The van der Waals surface area contributed by atoms with E-state index in [2.05, 4.69) is 0 Å². The zero-order chi connectivity index (χ0) is 14.5. The lowest BCUT2D eigenvalue weighted by molar-refractivity contribution is 0.0600. The van der Waals surface area contributed by atoms with Gasteiger partial charge in [0, 0.05) is 16.3 Å². The van der Waals surface area contributed by atoms with E-state index < -0.39 is 0 Å².